The zero-order chi connectivity index (χ0) is 12.0. The maximum Gasteiger partial charge on any atom is 0.251 e. The molecule has 0 heterocycles. The van der Waals surface area contributed by atoms with E-state index in [2.05, 4.69) is 32.8 Å². The Bertz CT molecular complexity index is 341. The Kier molecular flexibility index (Phi) is 8.55. The van der Waals surface area contributed by atoms with Crippen molar-refractivity contribution in [2.24, 2.45) is 0 Å². The molecule has 1 aromatic rings. The van der Waals surface area contributed by atoms with Gasteiger partial charge in [-0.05, 0) is 73.9 Å². The van der Waals surface area contributed by atoms with Crippen LogP contribution < -0.4 is 5.32 Å². The molecule has 0 atom stereocenters. The average molecular weight is 369 g/mol. The highest BCUT2D eigenvalue weighted by Gasteiger charge is 2.03. The molecule has 0 saturated heterocycles. The fourth-order valence-electron chi connectivity index (χ4n) is 1.30. The molecule has 0 bridgehead atoms. The van der Waals surface area contributed by atoms with Gasteiger partial charge in [0.1, 0.15) is 0 Å². The van der Waals surface area contributed by atoms with E-state index in [1.807, 2.05) is 38.4 Å². The fraction of sp³-hybridized carbons (Fsp3) is 0.417. The van der Waals surface area contributed by atoms with Crippen LogP contribution in [0.2, 0.25) is 0 Å². The second-order valence-corrected chi connectivity index (χ2v) is 5.17. The number of amides is 1. The lowest BCUT2D eigenvalue weighted by atomic mass is 10.2. The Morgan fingerprint density at radius 3 is 2.41 bits per heavy atom. The summed E-state index contributed by atoms with van der Waals surface area (Å²) in [6, 6.07) is 7.58. The Morgan fingerprint density at radius 2 is 1.88 bits per heavy atom. The second kappa shape index (κ2) is 8.72. The first-order chi connectivity index (χ1) is 7.59. The molecular weight excluding hydrogens is 351 g/mol. The van der Waals surface area contributed by atoms with Crippen molar-refractivity contribution in [3.05, 3.63) is 33.4 Å². The quantitative estimate of drug-likeness (QED) is 0.639. The molecule has 0 aliphatic rings. The lowest BCUT2D eigenvalue weighted by Gasteiger charge is -2.09. The Balaban J connectivity index is 0.00000256. The van der Waals surface area contributed by atoms with E-state index >= 15 is 0 Å². The molecule has 5 heteroatoms. The van der Waals surface area contributed by atoms with Crippen molar-refractivity contribution in [3.8, 4) is 0 Å². The number of nitrogens with one attached hydrogen (secondary N) is 1. The van der Waals surface area contributed by atoms with Crippen LogP contribution in [0.5, 0.6) is 0 Å². The van der Waals surface area contributed by atoms with Crippen molar-refractivity contribution in [2.45, 2.75) is 6.42 Å². The van der Waals surface area contributed by atoms with Crippen LogP contribution in [0.25, 0.3) is 0 Å². The number of halogens is 2. The van der Waals surface area contributed by atoms with Crippen LogP contribution in [0, 0.1) is 3.57 Å². The van der Waals surface area contributed by atoms with Crippen LogP contribution in [0.1, 0.15) is 16.8 Å². The van der Waals surface area contributed by atoms with Gasteiger partial charge in [-0.1, -0.05) is 0 Å². The summed E-state index contributed by atoms with van der Waals surface area (Å²) in [4.78, 5) is 13.8. The van der Waals surface area contributed by atoms with Crippen LogP contribution in [0.3, 0.4) is 0 Å². The monoisotopic (exact) mass is 368 g/mol. The van der Waals surface area contributed by atoms with Gasteiger partial charge in [-0.15, -0.1) is 12.4 Å². The molecule has 17 heavy (non-hydrogen) atoms. The van der Waals surface area contributed by atoms with Crippen LogP contribution in [0.15, 0.2) is 24.3 Å². The van der Waals surface area contributed by atoms with Crippen molar-refractivity contribution in [1.29, 1.82) is 0 Å². The molecule has 1 N–H and O–H groups in total. The summed E-state index contributed by atoms with van der Waals surface area (Å²) in [5.41, 5.74) is 0.727. The molecular formula is C12H18ClIN2O. The summed E-state index contributed by atoms with van der Waals surface area (Å²) in [5, 5.41) is 2.91. The molecule has 1 rings (SSSR count). The van der Waals surface area contributed by atoms with Gasteiger partial charge in [0.15, 0.2) is 0 Å². The van der Waals surface area contributed by atoms with Crippen molar-refractivity contribution < 1.29 is 4.79 Å². The van der Waals surface area contributed by atoms with E-state index < -0.39 is 0 Å². The van der Waals surface area contributed by atoms with Gasteiger partial charge in [-0.3, -0.25) is 4.79 Å². The van der Waals surface area contributed by atoms with E-state index in [0.717, 1.165) is 28.6 Å². The predicted octanol–water partition coefficient (Wildman–Crippen LogP) is 2.39. The number of carbonyl (C=O) groups is 1. The summed E-state index contributed by atoms with van der Waals surface area (Å²) in [5.74, 6) is 0.00940. The van der Waals surface area contributed by atoms with E-state index in [0.29, 0.717) is 0 Å². The standard InChI is InChI=1S/C12H17IN2O.ClH/c1-15(2)9-3-8-14-12(16)10-4-6-11(13)7-5-10;/h4-7H,3,8-9H2,1-2H3,(H,14,16);1H. The number of rotatable bonds is 5. The van der Waals surface area contributed by atoms with Crippen LogP contribution in [-0.4, -0.2) is 38.0 Å². The third-order valence-corrected chi connectivity index (χ3v) is 2.89. The van der Waals surface area contributed by atoms with E-state index in [4.69, 9.17) is 0 Å². The first-order valence-corrected chi connectivity index (χ1v) is 6.36. The van der Waals surface area contributed by atoms with E-state index in [9.17, 15) is 4.79 Å². The maximum atomic E-state index is 11.7. The minimum Gasteiger partial charge on any atom is -0.352 e. The fourth-order valence-corrected chi connectivity index (χ4v) is 1.66. The molecule has 96 valence electrons. The SMILES string of the molecule is CN(C)CCCNC(=O)c1ccc(I)cc1.Cl. The van der Waals surface area contributed by atoms with Crippen LogP contribution >= 0.6 is 35.0 Å². The number of hydrogen-bond donors (Lipinski definition) is 1. The lowest BCUT2D eigenvalue weighted by Crippen LogP contribution is -2.27. The minimum absolute atomic E-state index is 0. The molecule has 3 nitrogen and oxygen atoms in total. The van der Waals surface area contributed by atoms with Gasteiger partial charge in [0.05, 0.1) is 0 Å². The number of nitrogens with zero attached hydrogens (tertiary/aromatic N) is 1. The zero-order valence-corrected chi connectivity index (χ0v) is 13.0. The second-order valence-electron chi connectivity index (χ2n) is 3.92. The van der Waals surface area contributed by atoms with Crippen molar-refractivity contribution in [1.82, 2.24) is 10.2 Å². The first-order valence-electron chi connectivity index (χ1n) is 5.28. The largest absolute Gasteiger partial charge is 0.352 e. The van der Waals surface area contributed by atoms with Crippen molar-refractivity contribution >= 4 is 40.9 Å². The minimum atomic E-state index is 0. The topological polar surface area (TPSA) is 32.3 Å². The summed E-state index contributed by atoms with van der Waals surface area (Å²) >= 11 is 2.22. The zero-order valence-electron chi connectivity index (χ0n) is 10.1. The van der Waals surface area contributed by atoms with Gasteiger partial charge in [-0.2, -0.15) is 0 Å². The highest BCUT2D eigenvalue weighted by atomic mass is 127. The molecule has 0 aromatic heterocycles. The third-order valence-electron chi connectivity index (χ3n) is 2.17. The Hall–Kier alpha value is -0.330. The molecule has 1 amide bonds. The molecule has 0 fully saturated rings. The first kappa shape index (κ1) is 16.7. The molecule has 1 aromatic carbocycles. The summed E-state index contributed by atoms with van der Waals surface area (Å²) in [6.07, 6.45) is 0.975. The van der Waals surface area contributed by atoms with Crippen molar-refractivity contribution in [2.75, 3.05) is 27.2 Å². The Labute approximate surface area is 123 Å². The molecule has 0 unspecified atom stereocenters. The van der Waals surface area contributed by atoms with Crippen LogP contribution in [-0.2, 0) is 0 Å². The third kappa shape index (κ3) is 6.85. The van der Waals surface area contributed by atoms with Crippen molar-refractivity contribution in [3.63, 3.8) is 0 Å². The van der Waals surface area contributed by atoms with Gasteiger partial charge >= 0.3 is 0 Å². The molecule has 0 radical (unpaired) electrons. The highest BCUT2D eigenvalue weighted by Crippen LogP contribution is 2.06. The summed E-state index contributed by atoms with van der Waals surface area (Å²) < 4.78 is 1.14. The molecule has 0 spiro atoms. The normalized spacial score (nSPS) is 9.88. The number of hydrogen-bond acceptors (Lipinski definition) is 2. The molecule has 0 aliphatic carbocycles. The Morgan fingerprint density at radius 1 is 1.29 bits per heavy atom. The van der Waals surface area contributed by atoms with E-state index in [-0.39, 0.29) is 18.3 Å². The number of carbonyl (C=O) groups excluding carboxylic acids is 1. The van der Waals surface area contributed by atoms with Gasteiger partial charge in [-0.25, -0.2) is 0 Å². The highest BCUT2D eigenvalue weighted by molar-refractivity contribution is 14.1. The van der Waals surface area contributed by atoms with Gasteiger partial charge in [0.25, 0.3) is 5.91 Å². The predicted molar refractivity (Wildman–Crippen MR) is 81.9 cm³/mol. The molecule has 0 aliphatic heterocycles. The van der Waals surface area contributed by atoms with Crippen LogP contribution in [0.4, 0.5) is 0 Å². The van der Waals surface area contributed by atoms with Gasteiger partial charge < -0.3 is 10.2 Å². The summed E-state index contributed by atoms with van der Waals surface area (Å²) in [7, 11) is 4.06. The lowest BCUT2D eigenvalue weighted by molar-refractivity contribution is 0.0952. The maximum absolute atomic E-state index is 11.7. The van der Waals surface area contributed by atoms with E-state index in [1.165, 1.54) is 0 Å². The number of benzene rings is 1. The molecule has 0 saturated carbocycles. The van der Waals surface area contributed by atoms with Gasteiger partial charge in [0, 0.05) is 15.7 Å². The smallest absolute Gasteiger partial charge is 0.251 e. The van der Waals surface area contributed by atoms with Gasteiger partial charge in [0.2, 0.25) is 0 Å². The average Bonchev–Trinajstić information content (AvgIpc) is 2.25. The summed E-state index contributed by atoms with van der Waals surface area (Å²) in [6.45, 7) is 1.72. The van der Waals surface area contributed by atoms with E-state index in [1.54, 1.807) is 0 Å².